The van der Waals surface area contributed by atoms with Crippen molar-refractivity contribution in [3.8, 4) is 11.3 Å². The van der Waals surface area contributed by atoms with E-state index in [0.29, 0.717) is 21.8 Å². The number of amides is 1. The molecule has 0 radical (unpaired) electrons. The molecule has 1 fully saturated rings. The number of rotatable bonds is 2. The average molecular weight is 498 g/mol. The zero-order valence-corrected chi connectivity index (χ0v) is 21.0. The number of thiazole rings is 1. The van der Waals surface area contributed by atoms with E-state index in [9.17, 15) is 19.1 Å². The van der Waals surface area contributed by atoms with Gasteiger partial charge in [-0.15, -0.1) is 0 Å². The number of aromatic nitrogens is 2. The summed E-state index contributed by atoms with van der Waals surface area (Å²) >= 11 is 1.39. The molecule has 7 nitrogen and oxygen atoms in total. The molecule has 1 amide bonds. The van der Waals surface area contributed by atoms with E-state index < -0.39 is 5.97 Å². The van der Waals surface area contributed by atoms with E-state index in [1.807, 2.05) is 31.2 Å². The van der Waals surface area contributed by atoms with Crippen LogP contribution in [0.15, 0.2) is 42.6 Å². The van der Waals surface area contributed by atoms with Gasteiger partial charge in [0.05, 0.1) is 21.5 Å². The third kappa shape index (κ3) is 5.45. The molecule has 5 rings (SSSR count). The van der Waals surface area contributed by atoms with Crippen molar-refractivity contribution >= 4 is 38.6 Å². The van der Waals surface area contributed by atoms with Gasteiger partial charge in [-0.05, 0) is 70.4 Å². The van der Waals surface area contributed by atoms with Gasteiger partial charge >= 0.3 is 12.1 Å². The minimum absolute atomic E-state index is 0.167. The normalized spacial score (nSPS) is 13.7. The molecule has 184 valence electrons. The van der Waals surface area contributed by atoms with Gasteiger partial charge in [0.2, 0.25) is 0 Å². The second kappa shape index (κ2) is 9.65. The van der Waals surface area contributed by atoms with Crippen molar-refractivity contribution in [3.05, 3.63) is 59.5 Å². The predicted octanol–water partition coefficient (Wildman–Crippen LogP) is 6.38. The number of carboxylic acid groups (broad SMARTS) is 1. The van der Waals surface area contributed by atoms with Gasteiger partial charge in [-0.3, -0.25) is 4.40 Å². The number of ether oxygens (including phenoxy) is 1. The topological polar surface area (TPSA) is 84.1 Å². The summed E-state index contributed by atoms with van der Waals surface area (Å²) in [5, 5.41) is 9.21. The zero-order chi connectivity index (χ0) is 25.3. The van der Waals surface area contributed by atoms with E-state index in [-0.39, 0.29) is 23.1 Å². The number of aryl methyl sites for hydroxylation is 1. The lowest BCUT2D eigenvalue weighted by molar-refractivity contribution is 0.0295. The summed E-state index contributed by atoms with van der Waals surface area (Å²) in [4.78, 5) is 29.6. The Morgan fingerprint density at radius 3 is 2.46 bits per heavy atom. The summed E-state index contributed by atoms with van der Waals surface area (Å²) in [6, 6.07) is 10.0. The Bertz CT molecular complexity index is 1400. The second-order valence-electron chi connectivity index (χ2n) is 9.48. The molecule has 0 saturated carbocycles. The lowest BCUT2D eigenvalue weighted by Crippen LogP contribution is -2.34. The first-order valence-electron chi connectivity index (χ1n) is 11.4. The highest BCUT2D eigenvalue weighted by molar-refractivity contribution is 7.23. The van der Waals surface area contributed by atoms with E-state index in [4.69, 9.17) is 4.74 Å². The summed E-state index contributed by atoms with van der Waals surface area (Å²) in [6.45, 7) is 9.15. The number of likely N-dealkylation sites (tertiary alicyclic amines) is 1. The summed E-state index contributed by atoms with van der Waals surface area (Å²) in [7, 11) is 0. The van der Waals surface area contributed by atoms with Gasteiger partial charge in [-0.2, -0.15) is 0 Å². The van der Waals surface area contributed by atoms with Gasteiger partial charge in [0.15, 0.2) is 4.96 Å². The van der Waals surface area contributed by atoms with Crippen LogP contribution in [-0.2, 0) is 4.74 Å². The van der Waals surface area contributed by atoms with E-state index in [0.717, 1.165) is 36.1 Å². The standard InChI is InChI=1S/C17H11FN2O2S.C9H17NO2/c1-9-6-14-15(7-11(9)16(21)22)23-17-19-13(8-20(14)17)10-4-2-3-5-12(10)18;1-9(2,3)12-8(11)10-6-4-5-7-10/h2-8H,1H3,(H,21,22);4-7H2,1-3H3. The number of carboxylic acids is 1. The summed E-state index contributed by atoms with van der Waals surface area (Å²) < 4.78 is 21.8. The summed E-state index contributed by atoms with van der Waals surface area (Å²) in [6.07, 6.45) is 3.84. The van der Waals surface area contributed by atoms with Crippen LogP contribution in [0.3, 0.4) is 0 Å². The molecule has 0 atom stereocenters. The Labute approximate surface area is 206 Å². The number of carbonyl (C=O) groups excluding carboxylic acids is 1. The Morgan fingerprint density at radius 1 is 1.14 bits per heavy atom. The molecule has 1 N–H and O–H groups in total. The molecule has 4 aromatic rings. The van der Waals surface area contributed by atoms with Gasteiger partial charge in [-0.1, -0.05) is 23.5 Å². The lowest BCUT2D eigenvalue weighted by atomic mass is 10.1. The Balaban J connectivity index is 0.000000204. The quantitative estimate of drug-likeness (QED) is 0.347. The van der Waals surface area contributed by atoms with Crippen LogP contribution in [0, 0.1) is 12.7 Å². The maximum Gasteiger partial charge on any atom is 0.410 e. The molecule has 1 aliphatic rings. The molecular weight excluding hydrogens is 469 g/mol. The van der Waals surface area contributed by atoms with E-state index in [1.54, 1.807) is 42.3 Å². The Hall–Kier alpha value is -3.46. The highest BCUT2D eigenvalue weighted by Gasteiger charge is 2.24. The summed E-state index contributed by atoms with van der Waals surface area (Å²) in [5.74, 6) is -1.26. The van der Waals surface area contributed by atoms with Gasteiger partial charge < -0.3 is 14.7 Å². The van der Waals surface area contributed by atoms with Crippen molar-refractivity contribution in [2.45, 2.75) is 46.1 Å². The molecule has 0 bridgehead atoms. The van der Waals surface area contributed by atoms with Crippen molar-refractivity contribution in [2.75, 3.05) is 13.1 Å². The van der Waals surface area contributed by atoms with E-state index in [1.165, 1.54) is 17.4 Å². The first-order chi connectivity index (χ1) is 16.5. The van der Waals surface area contributed by atoms with Crippen molar-refractivity contribution in [1.82, 2.24) is 14.3 Å². The maximum atomic E-state index is 13.9. The van der Waals surface area contributed by atoms with Gasteiger partial charge in [0.25, 0.3) is 0 Å². The van der Waals surface area contributed by atoms with Crippen molar-refractivity contribution in [1.29, 1.82) is 0 Å². The van der Waals surface area contributed by atoms with Crippen LogP contribution in [0.5, 0.6) is 0 Å². The number of nitrogens with zero attached hydrogens (tertiary/aromatic N) is 3. The highest BCUT2D eigenvalue weighted by atomic mass is 32.1. The molecule has 1 saturated heterocycles. The molecule has 0 spiro atoms. The number of aromatic carboxylic acids is 1. The number of hydrogen-bond donors (Lipinski definition) is 1. The highest BCUT2D eigenvalue weighted by Crippen LogP contribution is 2.32. The smallest absolute Gasteiger partial charge is 0.410 e. The average Bonchev–Trinajstić information content (AvgIpc) is 3.50. The minimum atomic E-state index is -0.942. The number of hydrogen-bond acceptors (Lipinski definition) is 5. The second-order valence-corrected chi connectivity index (χ2v) is 10.5. The molecule has 2 aromatic carbocycles. The van der Waals surface area contributed by atoms with Gasteiger partial charge in [-0.25, -0.2) is 19.0 Å². The van der Waals surface area contributed by atoms with Crippen molar-refractivity contribution in [2.24, 2.45) is 0 Å². The van der Waals surface area contributed by atoms with Crippen molar-refractivity contribution < 1.29 is 23.8 Å². The molecule has 3 heterocycles. The fraction of sp³-hybridized carbons (Fsp3) is 0.346. The predicted molar refractivity (Wildman–Crippen MR) is 135 cm³/mol. The van der Waals surface area contributed by atoms with Crippen molar-refractivity contribution in [3.63, 3.8) is 0 Å². The number of halogens is 1. The third-order valence-electron chi connectivity index (χ3n) is 5.58. The SMILES string of the molecule is CC(C)(C)OC(=O)N1CCCC1.Cc1cc2c(cc1C(=O)O)sc1nc(-c3ccccc3F)cn12. The third-order valence-corrected chi connectivity index (χ3v) is 6.60. The van der Waals surface area contributed by atoms with Gasteiger partial charge in [0, 0.05) is 24.8 Å². The molecule has 2 aromatic heterocycles. The van der Waals surface area contributed by atoms with Crippen LogP contribution in [-0.4, -0.2) is 50.1 Å². The number of imidazole rings is 1. The van der Waals surface area contributed by atoms with Crippen LogP contribution in [0.1, 0.15) is 49.5 Å². The minimum Gasteiger partial charge on any atom is -0.478 e. The summed E-state index contributed by atoms with van der Waals surface area (Å²) in [5.41, 5.74) is 2.51. The monoisotopic (exact) mass is 497 g/mol. The van der Waals surface area contributed by atoms with Crippen LogP contribution in [0.4, 0.5) is 9.18 Å². The fourth-order valence-corrected chi connectivity index (χ4v) is 4.93. The first kappa shape index (κ1) is 24.7. The molecular formula is C26H28FN3O4S. The number of fused-ring (bicyclic) bond motifs is 3. The van der Waals surface area contributed by atoms with Gasteiger partial charge in [0.1, 0.15) is 11.4 Å². The Morgan fingerprint density at radius 2 is 1.83 bits per heavy atom. The molecule has 0 aliphatic carbocycles. The molecule has 9 heteroatoms. The first-order valence-corrected chi connectivity index (χ1v) is 12.2. The Kier molecular flexibility index (Phi) is 6.80. The molecule has 0 unspecified atom stereocenters. The van der Waals surface area contributed by atoms with Crippen LogP contribution in [0.25, 0.3) is 26.4 Å². The molecule has 35 heavy (non-hydrogen) atoms. The fourth-order valence-electron chi connectivity index (χ4n) is 3.90. The van der Waals surface area contributed by atoms with Crippen LogP contribution in [0.2, 0.25) is 0 Å². The molecule has 1 aliphatic heterocycles. The van der Waals surface area contributed by atoms with E-state index >= 15 is 0 Å². The zero-order valence-electron chi connectivity index (χ0n) is 20.2. The van der Waals surface area contributed by atoms with E-state index in [2.05, 4.69) is 4.98 Å². The number of carbonyl (C=O) groups is 2. The van der Waals surface area contributed by atoms with Crippen LogP contribution < -0.4 is 0 Å². The lowest BCUT2D eigenvalue weighted by Gasteiger charge is -2.23. The van der Waals surface area contributed by atoms with Crippen LogP contribution >= 0.6 is 11.3 Å². The number of benzene rings is 2. The largest absolute Gasteiger partial charge is 0.478 e. The maximum absolute atomic E-state index is 13.9.